The Morgan fingerprint density at radius 1 is 1.18 bits per heavy atom. The lowest BCUT2D eigenvalue weighted by Gasteiger charge is -2.18. The largest absolute Gasteiger partial charge is 0.491 e. The molecule has 0 radical (unpaired) electrons. The van der Waals surface area contributed by atoms with Crippen LogP contribution in [0.25, 0.3) is 0 Å². The minimum absolute atomic E-state index is 0.0855. The Kier molecular flexibility index (Phi) is 5.24. The van der Waals surface area contributed by atoms with E-state index in [0.29, 0.717) is 5.75 Å². The number of halogens is 4. The molecule has 96 valence electrons. The third kappa shape index (κ3) is 4.53. The van der Waals surface area contributed by atoms with Gasteiger partial charge in [0.1, 0.15) is 18.1 Å². The molecule has 1 N–H and O–H groups in total. The van der Waals surface area contributed by atoms with Gasteiger partial charge in [0.2, 0.25) is 4.84 Å². The van der Waals surface area contributed by atoms with Gasteiger partial charge in [-0.1, -0.05) is 23.2 Å². The second-order valence-electron chi connectivity index (χ2n) is 3.01. The fourth-order valence-electron chi connectivity index (χ4n) is 0.969. The fourth-order valence-corrected chi connectivity index (χ4v) is 1.06. The average Bonchev–Trinajstić information content (AvgIpc) is 2.27. The number of alkyl halides is 4. The van der Waals surface area contributed by atoms with Crippen molar-refractivity contribution in [2.45, 2.75) is 10.9 Å². The lowest BCUT2D eigenvalue weighted by Crippen LogP contribution is -2.32. The van der Waals surface area contributed by atoms with E-state index >= 15 is 0 Å². The van der Waals surface area contributed by atoms with Crippen LogP contribution in [-0.2, 0) is 0 Å². The highest BCUT2D eigenvalue weighted by Gasteiger charge is 2.40. The first-order valence-corrected chi connectivity index (χ1v) is 5.51. The molecule has 0 saturated heterocycles. The maximum absolute atomic E-state index is 13.0. The van der Waals surface area contributed by atoms with Gasteiger partial charge >= 0.3 is 6.11 Å². The van der Waals surface area contributed by atoms with Crippen LogP contribution in [-0.4, -0.2) is 29.3 Å². The molecule has 1 rings (SSSR count). The summed E-state index contributed by atoms with van der Waals surface area (Å²) in [5, 5.41) is 8.52. The van der Waals surface area contributed by atoms with Gasteiger partial charge in [0, 0.05) is 0 Å². The van der Waals surface area contributed by atoms with Crippen LogP contribution in [0, 0.1) is 0 Å². The Morgan fingerprint density at radius 3 is 2.18 bits per heavy atom. The SMILES string of the molecule is OCCOc1ccc(OC(F)(F)C(Cl)Cl)cc1. The summed E-state index contributed by atoms with van der Waals surface area (Å²) in [6.45, 7) is -0.00169. The van der Waals surface area contributed by atoms with Crippen molar-refractivity contribution in [3.8, 4) is 11.5 Å². The summed E-state index contributed by atoms with van der Waals surface area (Å²) >= 11 is 10.1. The molecule has 0 heterocycles. The highest BCUT2D eigenvalue weighted by molar-refractivity contribution is 6.44. The quantitative estimate of drug-likeness (QED) is 0.818. The molecule has 0 fully saturated rings. The summed E-state index contributed by atoms with van der Waals surface area (Å²) in [7, 11) is 0. The molecular weight excluding hydrogens is 277 g/mol. The summed E-state index contributed by atoms with van der Waals surface area (Å²) < 4.78 is 35.3. The molecule has 1 aromatic rings. The van der Waals surface area contributed by atoms with Gasteiger partial charge in [-0.15, -0.1) is 0 Å². The molecular formula is C10H10Cl2F2O3. The lowest BCUT2D eigenvalue weighted by atomic mass is 10.3. The minimum atomic E-state index is -3.66. The van der Waals surface area contributed by atoms with E-state index in [4.69, 9.17) is 33.0 Å². The Labute approximate surface area is 107 Å². The first-order valence-electron chi connectivity index (χ1n) is 4.64. The van der Waals surface area contributed by atoms with Crippen LogP contribution < -0.4 is 9.47 Å². The maximum Gasteiger partial charge on any atom is 0.428 e. The predicted octanol–water partition coefficient (Wildman–Crippen LogP) is 2.83. The van der Waals surface area contributed by atoms with Crippen LogP contribution in [0.4, 0.5) is 8.78 Å². The van der Waals surface area contributed by atoms with Crippen molar-refractivity contribution in [2.24, 2.45) is 0 Å². The minimum Gasteiger partial charge on any atom is -0.491 e. The standard InChI is InChI=1S/C10H10Cl2F2O3/c11-9(12)10(13,14)17-8-3-1-7(2-4-8)16-6-5-15/h1-4,9,15H,5-6H2. The van der Waals surface area contributed by atoms with Crippen LogP contribution >= 0.6 is 23.2 Å². The van der Waals surface area contributed by atoms with Gasteiger partial charge in [0.15, 0.2) is 0 Å². The number of ether oxygens (including phenoxy) is 2. The predicted molar refractivity (Wildman–Crippen MR) is 60.1 cm³/mol. The number of aliphatic hydroxyl groups is 1. The fraction of sp³-hybridized carbons (Fsp3) is 0.400. The summed E-state index contributed by atoms with van der Waals surface area (Å²) in [6.07, 6.45) is -3.66. The van der Waals surface area contributed by atoms with Crippen LogP contribution in [0.1, 0.15) is 0 Å². The van der Waals surface area contributed by atoms with Gasteiger partial charge < -0.3 is 14.6 Å². The van der Waals surface area contributed by atoms with E-state index in [1.807, 2.05) is 0 Å². The highest BCUT2D eigenvalue weighted by atomic mass is 35.5. The van der Waals surface area contributed by atoms with Crippen molar-refractivity contribution in [3.05, 3.63) is 24.3 Å². The second kappa shape index (κ2) is 6.23. The number of benzene rings is 1. The van der Waals surface area contributed by atoms with Crippen LogP contribution in [0.3, 0.4) is 0 Å². The van der Waals surface area contributed by atoms with E-state index < -0.39 is 10.9 Å². The Bertz CT molecular complexity index is 344. The second-order valence-corrected chi connectivity index (χ2v) is 4.10. The van der Waals surface area contributed by atoms with Crippen molar-refractivity contribution in [3.63, 3.8) is 0 Å². The monoisotopic (exact) mass is 286 g/mol. The molecule has 0 saturated carbocycles. The Balaban J connectivity index is 2.62. The van der Waals surface area contributed by atoms with Gasteiger partial charge in [0.05, 0.1) is 6.61 Å². The van der Waals surface area contributed by atoms with E-state index in [2.05, 4.69) is 4.74 Å². The van der Waals surface area contributed by atoms with Crippen molar-refractivity contribution in [2.75, 3.05) is 13.2 Å². The van der Waals surface area contributed by atoms with Gasteiger partial charge in [-0.3, -0.25) is 0 Å². The van der Waals surface area contributed by atoms with Crippen LogP contribution in [0.15, 0.2) is 24.3 Å². The van der Waals surface area contributed by atoms with Crippen molar-refractivity contribution >= 4 is 23.2 Å². The first kappa shape index (κ1) is 14.3. The number of hydrogen-bond acceptors (Lipinski definition) is 3. The molecule has 0 amide bonds. The van der Waals surface area contributed by atoms with E-state index in [1.54, 1.807) is 0 Å². The molecule has 0 bridgehead atoms. The number of hydrogen-bond donors (Lipinski definition) is 1. The molecule has 0 atom stereocenters. The molecule has 7 heteroatoms. The summed E-state index contributed by atoms with van der Waals surface area (Å²) in [4.78, 5) is -1.95. The third-order valence-electron chi connectivity index (χ3n) is 1.69. The van der Waals surface area contributed by atoms with E-state index in [0.717, 1.165) is 0 Å². The molecule has 0 aromatic heterocycles. The Morgan fingerprint density at radius 2 is 1.71 bits per heavy atom. The van der Waals surface area contributed by atoms with Crippen LogP contribution in [0.2, 0.25) is 0 Å². The lowest BCUT2D eigenvalue weighted by molar-refractivity contribution is -0.163. The zero-order valence-corrected chi connectivity index (χ0v) is 10.1. The van der Waals surface area contributed by atoms with E-state index in [9.17, 15) is 8.78 Å². The molecule has 3 nitrogen and oxygen atoms in total. The number of aliphatic hydroxyl groups excluding tert-OH is 1. The van der Waals surface area contributed by atoms with Crippen LogP contribution in [0.5, 0.6) is 11.5 Å². The third-order valence-corrected chi connectivity index (χ3v) is 2.20. The van der Waals surface area contributed by atoms with Crippen molar-refractivity contribution in [1.82, 2.24) is 0 Å². The first-order chi connectivity index (χ1) is 7.95. The van der Waals surface area contributed by atoms with Crippen molar-refractivity contribution < 1.29 is 23.4 Å². The van der Waals surface area contributed by atoms with Crippen molar-refractivity contribution in [1.29, 1.82) is 0 Å². The molecule has 0 aliphatic rings. The average molecular weight is 287 g/mol. The van der Waals surface area contributed by atoms with Gasteiger partial charge in [-0.05, 0) is 24.3 Å². The maximum atomic E-state index is 13.0. The molecule has 0 aliphatic heterocycles. The molecule has 0 aliphatic carbocycles. The van der Waals surface area contributed by atoms with E-state index in [-0.39, 0.29) is 19.0 Å². The van der Waals surface area contributed by atoms with E-state index in [1.165, 1.54) is 24.3 Å². The smallest absolute Gasteiger partial charge is 0.428 e. The number of rotatable bonds is 6. The van der Waals surface area contributed by atoms with Gasteiger partial charge in [-0.25, -0.2) is 0 Å². The summed E-state index contributed by atoms with van der Waals surface area (Å²) in [5.74, 6) is 0.348. The normalized spacial score (nSPS) is 11.6. The highest BCUT2D eigenvalue weighted by Crippen LogP contribution is 2.30. The molecule has 1 aromatic carbocycles. The molecule has 0 spiro atoms. The zero-order valence-electron chi connectivity index (χ0n) is 8.58. The van der Waals surface area contributed by atoms with Gasteiger partial charge in [-0.2, -0.15) is 8.78 Å². The zero-order chi connectivity index (χ0) is 12.9. The summed E-state index contributed by atoms with van der Waals surface area (Å²) in [5.41, 5.74) is 0. The Hall–Kier alpha value is -0.780. The molecule has 0 unspecified atom stereocenters. The summed E-state index contributed by atoms with van der Waals surface area (Å²) in [6, 6.07) is 5.44. The topological polar surface area (TPSA) is 38.7 Å². The molecule has 17 heavy (non-hydrogen) atoms. The van der Waals surface area contributed by atoms with Gasteiger partial charge in [0.25, 0.3) is 0 Å².